The molecule has 13 heavy (non-hydrogen) atoms. The Morgan fingerprint density at radius 3 is 2.23 bits per heavy atom. The van der Waals surface area contributed by atoms with Gasteiger partial charge in [0.2, 0.25) is 5.78 Å². The highest BCUT2D eigenvalue weighted by molar-refractivity contribution is 6.34. The molecular weight excluding hydrogens is 172 g/mol. The minimum atomic E-state index is -1.07. The first-order valence-corrected chi connectivity index (χ1v) is 4.33. The van der Waals surface area contributed by atoms with Crippen LogP contribution in [0, 0.1) is 0 Å². The summed E-state index contributed by atoms with van der Waals surface area (Å²) >= 11 is 0. The van der Waals surface area contributed by atoms with Gasteiger partial charge in [0.15, 0.2) is 0 Å². The van der Waals surface area contributed by atoms with Gasteiger partial charge in [-0.05, 0) is 6.42 Å². The predicted molar refractivity (Wildman–Crippen MR) is 45.9 cm³/mol. The van der Waals surface area contributed by atoms with E-state index in [1.54, 1.807) is 0 Å². The fraction of sp³-hybridized carbons (Fsp3) is 0.667. The first kappa shape index (κ1) is 11.8. The lowest BCUT2D eigenvalue weighted by atomic mass is 10.2. The quantitative estimate of drug-likeness (QED) is 0.280. The molecule has 0 rings (SSSR count). The molecular formula is C9H14O4. The van der Waals surface area contributed by atoms with Crippen LogP contribution >= 0.6 is 0 Å². The molecule has 4 heteroatoms. The van der Waals surface area contributed by atoms with Crippen molar-refractivity contribution >= 4 is 17.7 Å². The first-order valence-electron chi connectivity index (χ1n) is 4.33. The second-order valence-corrected chi connectivity index (χ2v) is 2.77. The van der Waals surface area contributed by atoms with Crippen molar-refractivity contribution in [3.8, 4) is 0 Å². The van der Waals surface area contributed by atoms with Crippen LogP contribution in [-0.4, -0.2) is 17.7 Å². The van der Waals surface area contributed by atoms with Crippen LogP contribution in [0.5, 0.6) is 0 Å². The summed E-state index contributed by atoms with van der Waals surface area (Å²) in [5.74, 6) is -2.43. The number of ketones is 1. The molecule has 0 N–H and O–H groups in total. The minimum absolute atomic E-state index is 0.201. The zero-order valence-corrected chi connectivity index (χ0v) is 7.96. The Hall–Kier alpha value is -1.19. The van der Waals surface area contributed by atoms with Gasteiger partial charge in [-0.1, -0.05) is 19.8 Å². The summed E-state index contributed by atoms with van der Waals surface area (Å²) < 4.78 is 4.23. The standard InChI is InChI=1S/C9H14O4/c1-3-4-5-6-8(11)13-9(12)7(2)10/h3-6H2,1-2H3. The van der Waals surface area contributed by atoms with Crippen molar-refractivity contribution in [2.24, 2.45) is 0 Å². The van der Waals surface area contributed by atoms with Crippen LogP contribution < -0.4 is 0 Å². The van der Waals surface area contributed by atoms with Crippen molar-refractivity contribution in [3.05, 3.63) is 0 Å². The lowest BCUT2D eigenvalue weighted by Gasteiger charge is -1.99. The molecule has 0 unspecified atom stereocenters. The SMILES string of the molecule is CCCCCC(=O)OC(=O)C(C)=O. The Bertz CT molecular complexity index is 208. The van der Waals surface area contributed by atoms with Crippen LogP contribution in [0.3, 0.4) is 0 Å². The molecule has 0 aromatic rings. The summed E-state index contributed by atoms with van der Waals surface area (Å²) in [5, 5.41) is 0. The van der Waals surface area contributed by atoms with Crippen molar-refractivity contribution < 1.29 is 19.1 Å². The van der Waals surface area contributed by atoms with Crippen LogP contribution in [0.2, 0.25) is 0 Å². The molecule has 0 saturated heterocycles. The number of carbonyl (C=O) groups is 3. The molecule has 0 aliphatic carbocycles. The van der Waals surface area contributed by atoms with E-state index in [0.29, 0.717) is 6.42 Å². The topological polar surface area (TPSA) is 60.4 Å². The Morgan fingerprint density at radius 1 is 1.15 bits per heavy atom. The second-order valence-electron chi connectivity index (χ2n) is 2.77. The molecule has 0 amide bonds. The summed E-state index contributed by atoms with van der Waals surface area (Å²) in [7, 11) is 0. The van der Waals surface area contributed by atoms with Crippen LogP contribution in [0.15, 0.2) is 0 Å². The molecule has 0 fully saturated rings. The molecule has 0 aliphatic heterocycles. The highest BCUT2D eigenvalue weighted by Gasteiger charge is 2.13. The maximum atomic E-state index is 10.8. The maximum absolute atomic E-state index is 10.8. The fourth-order valence-corrected chi connectivity index (χ4v) is 0.746. The zero-order chi connectivity index (χ0) is 10.3. The van der Waals surface area contributed by atoms with Crippen molar-refractivity contribution in [1.82, 2.24) is 0 Å². The second kappa shape index (κ2) is 6.34. The molecule has 0 spiro atoms. The number of esters is 2. The molecule has 0 heterocycles. The van der Waals surface area contributed by atoms with Gasteiger partial charge in [0.1, 0.15) is 0 Å². The molecule has 0 aromatic heterocycles. The van der Waals surface area contributed by atoms with E-state index < -0.39 is 17.7 Å². The number of Topliss-reactive ketones (excluding diaryl/α,β-unsaturated/α-hetero) is 1. The molecule has 0 aliphatic rings. The average Bonchev–Trinajstić information content (AvgIpc) is 2.04. The third-order valence-electron chi connectivity index (χ3n) is 1.48. The number of hydrogen-bond donors (Lipinski definition) is 0. The largest absolute Gasteiger partial charge is 0.387 e. The summed E-state index contributed by atoms with van der Waals surface area (Å²) in [6, 6.07) is 0. The van der Waals surface area contributed by atoms with Gasteiger partial charge in [-0.25, -0.2) is 4.79 Å². The molecule has 0 atom stereocenters. The van der Waals surface area contributed by atoms with Crippen molar-refractivity contribution in [2.75, 3.05) is 0 Å². The summed E-state index contributed by atoms with van der Waals surface area (Å²) in [5.41, 5.74) is 0. The van der Waals surface area contributed by atoms with E-state index >= 15 is 0 Å². The molecule has 0 radical (unpaired) electrons. The third kappa shape index (κ3) is 6.02. The van der Waals surface area contributed by atoms with Crippen molar-refractivity contribution in [2.45, 2.75) is 39.5 Å². The van der Waals surface area contributed by atoms with Gasteiger partial charge in [0.25, 0.3) is 0 Å². The third-order valence-corrected chi connectivity index (χ3v) is 1.48. The van der Waals surface area contributed by atoms with E-state index in [4.69, 9.17) is 0 Å². The summed E-state index contributed by atoms with van der Waals surface area (Å²) in [6.45, 7) is 3.08. The van der Waals surface area contributed by atoms with Gasteiger partial charge in [0.05, 0.1) is 0 Å². The Morgan fingerprint density at radius 2 is 1.77 bits per heavy atom. The average molecular weight is 186 g/mol. The van der Waals surface area contributed by atoms with Crippen LogP contribution in [0.1, 0.15) is 39.5 Å². The van der Waals surface area contributed by atoms with E-state index in [1.807, 2.05) is 6.92 Å². The molecule has 0 bridgehead atoms. The predicted octanol–water partition coefficient (Wildman–Crippen LogP) is 1.23. The minimum Gasteiger partial charge on any atom is -0.387 e. The highest BCUT2D eigenvalue weighted by Crippen LogP contribution is 2.00. The summed E-state index contributed by atoms with van der Waals surface area (Å²) in [4.78, 5) is 31.8. The Kier molecular flexibility index (Phi) is 5.76. The van der Waals surface area contributed by atoms with Gasteiger partial charge in [-0.3, -0.25) is 9.59 Å². The Labute approximate surface area is 77.3 Å². The number of carbonyl (C=O) groups excluding carboxylic acids is 3. The van der Waals surface area contributed by atoms with E-state index in [2.05, 4.69) is 4.74 Å². The normalized spacial score (nSPS) is 9.38. The number of ether oxygens (including phenoxy) is 1. The highest BCUT2D eigenvalue weighted by atomic mass is 16.6. The summed E-state index contributed by atoms with van der Waals surface area (Å²) in [6.07, 6.45) is 2.81. The number of rotatable bonds is 5. The molecule has 4 nitrogen and oxygen atoms in total. The van der Waals surface area contributed by atoms with Crippen LogP contribution in [0.25, 0.3) is 0 Å². The van der Waals surface area contributed by atoms with E-state index in [1.165, 1.54) is 0 Å². The fourth-order valence-electron chi connectivity index (χ4n) is 0.746. The van der Waals surface area contributed by atoms with Gasteiger partial charge in [-0.2, -0.15) is 0 Å². The molecule has 0 aromatic carbocycles. The van der Waals surface area contributed by atoms with E-state index in [-0.39, 0.29) is 6.42 Å². The van der Waals surface area contributed by atoms with Crippen molar-refractivity contribution in [3.63, 3.8) is 0 Å². The van der Waals surface area contributed by atoms with Gasteiger partial charge >= 0.3 is 11.9 Å². The maximum Gasteiger partial charge on any atom is 0.381 e. The van der Waals surface area contributed by atoms with E-state index in [9.17, 15) is 14.4 Å². The number of unbranched alkanes of at least 4 members (excludes halogenated alkanes) is 2. The van der Waals surface area contributed by atoms with Gasteiger partial charge in [-0.15, -0.1) is 0 Å². The molecule has 0 saturated carbocycles. The zero-order valence-electron chi connectivity index (χ0n) is 7.96. The van der Waals surface area contributed by atoms with Gasteiger partial charge < -0.3 is 4.74 Å². The smallest absolute Gasteiger partial charge is 0.381 e. The number of hydrogen-bond acceptors (Lipinski definition) is 4. The van der Waals surface area contributed by atoms with Crippen LogP contribution in [-0.2, 0) is 19.1 Å². The lowest BCUT2D eigenvalue weighted by Crippen LogP contribution is -2.18. The first-order chi connectivity index (χ1) is 6.07. The van der Waals surface area contributed by atoms with E-state index in [0.717, 1.165) is 19.8 Å². The Balaban J connectivity index is 3.62. The van der Waals surface area contributed by atoms with Crippen molar-refractivity contribution in [1.29, 1.82) is 0 Å². The lowest BCUT2D eigenvalue weighted by molar-refractivity contribution is -0.163. The monoisotopic (exact) mass is 186 g/mol. The van der Waals surface area contributed by atoms with Gasteiger partial charge in [0, 0.05) is 13.3 Å². The van der Waals surface area contributed by atoms with Crippen LogP contribution in [0.4, 0.5) is 0 Å². The molecule has 74 valence electrons.